The van der Waals surface area contributed by atoms with Gasteiger partial charge in [-0.05, 0) is 5.57 Å². The van der Waals surface area contributed by atoms with Crippen molar-refractivity contribution < 1.29 is 20.4 Å². The first-order valence-corrected chi connectivity index (χ1v) is 3.71. The van der Waals surface area contributed by atoms with Gasteiger partial charge in [-0.3, -0.25) is 0 Å². The molecule has 1 aliphatic rings. The molecule has 5 nitrogen and oxygen atoms in total. The fourth-order valence-corrected chi connectivity index (χ4v) is 1.21. The fraction of sp³-hybridized carbons (Fsp3) is 0.714. The molecule has 0 amide bonds. The number of nitrogens with two attached hydrogens (primary N) is 1. The Morgan fingerprint density at radius 1 is 1.17 bits per heavy atom. The topological polar surface area (TPSA) is 107 Å². The zero-order valence-electron chi connectivity index (χ0n) is 6.46. The van der Waals surface area contributed by atoms with Gasteiger partial charge in [-0.2, -0.15) is 0 Å². The van der Waals surface area contributed by atoms with Gasteiger partial charge in [0.1, 0.15) is 24.4 Å². The smallest absolute Gasteiger partial charge is 0.112 e. The van der Waals surface area contributed by atoms with E-state index in [1.54, 1.807) is 0 Å². The minimum absolute atomic E-state index is 0.0575. The van der Waals surface area contributed by atoms with Crippen LogP contribution in [0.3, 0.4) is 0 Å². The van der Waals surface area contributed by atoms with Crippen LogP contribution < -0.4 is 5.73 Å². The van der Waals surface area contributed by atoms with Gasteiger partial charge < -0.3 is 26.2 Å². The van der Waals surface area contributed by atoms with E-state index in [1.165, 1.54) is 6.08 Å². The highest BCUT2D eigenvalue weighted by Crippen LogP contribution is 2.19. The monoisotopic (exact) mass is 175 g/mol. The van der Waals surface area contributed by atoms with Crippen molar-refractivity contribution in [2.24, 2.45) is 5.73 Å². The number of aliphatic hydroxyl groups excluding tert-OH is 4. The van der Waals surface area contributed by atoms with Crippen LogP contribution in [0.1, 0.15) is 0 Å². The van der Waals surface area contributed by atoms with Crippen LogP contribution in [0.2, 0.25) is 0 Å². The second-order valence-electron chi connectivity index (χ2n) is 2.86. The maximum atomic E-state index is 9.26. The first kappa shape index (κ1) is 9.63. The average Bonchev–Trinajstić information content (AvgIpc) is 2.08. The van der Waals surface area contributed by atoms with E-state index >= 15 is 0 Å². The third kappa shape index (κ3) is 1.50. The van der Waals surface area contributed by atoms with E-state index in [9.17, 15) is 5.11 Å². The van der Waals surface area contributed by atoms with Crippen LogP contribution in [0.15, 0.2) is 11.6 Å². The Balaban J connectivity index is 2.84. The van der Waals surface area contributed by atoms with Crippen LogP contribution in [0, 0.1) is 0 Å². The van der Waals surface area contributed by atoms with Gasteiger partial charge in [0.2, 0.25) is 0 Å². The summed E-state index contributed by atoms with van der Waals surface area (Å²) in [5, 5.41) is 36.6. The standard InChI is InChI=1S/C7H13NO4/c8-2-3-1-4(9)6(11)7(12)5(3)10/h1,4-7,9-12H,2,8H2. The zero-order chi connectivity index (χ0) is 9.30. The predicted octanol–water partition coefficient (Wildman–Crippen LogP) is -2.67. The maximum Gasteiger partial charge on any atom is 0.112 e. The minimum atomic E-state index is -1.36. The van der Waals surface area contributed by atoms with Gasteiger partial charge in [0.25, 0.3) is 0 Å². The molecular formula is C7H13NO4. The molecule has 1 rings (SSSR count). The van der Waals surface area contributed by atoms with Crippen LogP contribution >= 0.6 is 0 Å². The molecule has 4 atom stereocenters. The molecule has 0 saturated carbocycles. The number of rotatable bonds is 1. The first-order valence-electron chi connectivity index (χ1n) is 3.71. The van der Waals surface area contributed by atoms with Crippen LogP contribution in [-0.4, -0.2) is 51.4 Å². The van der Waals surface area contributed by atoms with Crippen molar-refractivity contribution in [2.45, 2.75) is 24.4 Å². The summed E-state index contributed by atoms with van der Waals surface area (Å²) in [5.41, 5.74) is 5.58. The van der Waals surface area contributed by atoms with Crippen molar-refractivity contribution in [3.05, 3.63) is 11.6 Å². The van der Waals surface area contributed by atoms with E-state index in [0.29, 0.717) is 5.57 Å². The van der Waals surface area contributed by atoms with Crippen molar-refractivity contribution in [1.29, 1.82) is 0 Å². The summed E-state index contributed by atoms with van der Waals surface area (Å²) in [6.45, 7) is 0.0575. The number of hydrogen-bond acceptors (Lipinski definition) is 5. The minimum Gasteiger partial charge on any atom is -0.387 e. The summed E-state index contributed by atoms with van der Waals surface area (Å²) in [6, 6.07) is 0. The second kappa shape index (κ2) is 3.51. The molecule has 0 aromatic rings. The molecule has 0 aliphatic heterocycles. The summed E-state index contributed by atoms with van der Waals surface area (Å²) in [4.78, 5) is 0. The molecule has 1 aliphatic carbocycles. The molecule has 0 fully saturated rings. The third-order valence-electron chi connectivity index (χ3n) is 2.02. The number of aliphatic hydroxyl groups is 4. The summed E-state index contributed by atoms with van der Waals surface area (Å²) >= 11 is 0. The van der Waals surface area contributed by atoms with Crippen molar-refractivity contribution in [1.82, 2.24) is 0 Å². The van der Waals surface area contributed by atoms with E-state index in [4.69, 9.17) is 21.1 Å². The molecule has 6 N–H and O–H groups in total. The summed E-state index contributed by atoms with van der Waals surface area (Å²) in [5.74, 6) is 0. The SMILES string of the molecule is NCC1=CC(O)C(O)C(O)C1O. The van der Waals surface area contributed by atoms with Gasteiger partial charge in [0.15, 0.2) is 0 Å². The molecule has 0 aromatic carbocycles. The quantitative estimate of drug-likeness (QED) is 0.279. The molecule has 70 valence electrons. The number of hydrogen-bond donors (Lipinski definition) is 5. The largest absolute Gasteiger partial charge is 0.387 e. The van der Waals surface area contributed by atoms with Gasteiger partial charge in [0, 0.05) is 6.54 Å². The summed E-state index contributed by atoms with van der Waals surface area (Å²) in [6.07, 6.45) is -3.75. The molecule has 0 saturated heterocycles. The van der Waals surface area contributed by atoms with E-state index in [1.807, 2.05) is 0 Å². The maximum absolute atomic E-state index is 9.26. The zero-order valence-corrected chi connectivity index (χ0v) is 6.46. The Morgan fingerprint density at radius 3 is 2.25 bits per heavy atom. The Morgan fingerprint density at radius 2 is 1.75 bits per heavy atom. The average molecular weight is 175 g/mol. The normalized spacial score (nSPS) is 42.6. The van der Waals surface area contributed by atoms with Crippen molar-refractivity contribution >= 4 is 0 Å². The van der Waals surface area contributed by atoms with Crippen molar-refractivity contribution in [3.8, 4) is 0 Å². The fourth-order valence-electron chi connectivity index (χ4n) is 1.21. The Hall–Kier alpha value is -0.460. The molecule has 5 heteroatoms. The molecule has 0 bridgehead atoms. The molecule has 0 aromatic heterocycles. The highest BCUT2D eigenvalue weighted by molar-refractivity contribution is 5.20. The van der Waals surface area contributed by atoms with E-state index in [-0.39, 0.29) is 6.54 Å². The van der Waals surface area contributed by atoms with Crippen LogP contribution in [0.4, 0.5) is 0 Å². The van der Waals surface area contributed by atoms with Gasteiger partial charge >= 0.3 is 0 Å². The van der Waals surface area contributed by atoms with Gasteiger partial charge in [0.05, 0.1) is 0 Å². The van der Waals surface area contributed by atoms with Gasteiger partial charge in [-0.15, -0.1) is 0 Å². The van der Waals surface area contributed by atoms with Crippen LogP contribution in [0.5, 0.6) is 0 Å². The van der Waals surface area contributed by atoms with Gasteiger partial charge in [-0.1, -0.05) is 6.08 Å². The second-order valence-corrected chi connectivity index (χ2v) is 2.86. The Labute approximate surface area is 69.8 Å². The molecule has 0 heterocycles. The van der Waals surface area contributed by atoms with Gasteiger partial charge in [-0.25, -0.2) is 0 Å². The lowest BCUT2D eigenvalue weighted by Gasteiger charge is -2.31. The molecular weight excluding hydrogens is 162 g/mol. The van der Waals surface area contributed by atoms with E-state index < -0.39 is 24.4 Å². The summed E-state index contributed by atoms with van der Waals surface area (Å²) < 4.78 is 0. The molecule has 0 spiro atoms. The van der Waals surface area contributed by atoms with Crippen LogP contribution in [0.25, 0.3) is 0 Å². The lowest BCUT2D eigenvalue weighted by molar-refractivity contribution is -0.0927. The molecule has 0 radical (unpaired) electrons. The van der Waals surface area contributed by atoms with E-state index in [0.717, 1.165) is 0 Å². The Kier molecular flexibility index (Phi) is 2.81. The third-order valence-corrected chi connectivity index (χ3v) is 2.02. The predicted molar refractivity (Wildman–Crippen MR) is 41.2 cm³/mol. The van der Waals surface area contributed by atoms with Crippen LogP contribution in [-0.2, 0) is 0 Å². The van der Waals surface area contributed by atoms with E-state index in [2.05, 4.69) is 0 Å². The lowest BCUT2D eigenvalue weighted by Crippen LogP contribution is -2.49. The summed E-state index contributed by atoms with van der Waals surface area (Å²) in [7, 11) is 0. The first-order chi connectivity index (χ1) is 5.57. The van der Waals surface area contributed by atoms with Crippen molar-refractivity contribution in [2.75, 3.05) is 6.54 Å². The Bertz CT molecular complexity index is 194. The molecule has 12 heavy (non-hydrogen) atoms. The van der Waals surface area contributed by atoms with Crippen molar-refractivity contribution in [3.63, 3.8) is 0 Å². The lowest BCUT2D eigenvalue weighted by atomic mass is 9.90. The highest BCUT2D eigenvalue weighted by atomic mass is 16.4. The highest BCUT2D eigenvalue weighted by Gasteiger charge is 2.35. The molecule has 4 unspecified atom stereocenters.